The van der Waals surface area contributed by atoms with Gasteiger partial charge in [-0.2, -0.15) is 43.9 Å². The van der Waals surface area contributed by atoms with Crippen LogP contribution in [0.5, 0.6) is 17.2 Å². The molecule has 0 aliphatic heterocycles. The molecular formula is C29H14F14O2S. The Morgan fingerprint density at radius 3 is 1.20 bits per heavy atom. The zero-order valence-corrected chi connectivity index (χ0v) is 23.5. The predicted molar refractivity (Wildman–Crippen MR) is 134 cm³/mol. The Kier molecular flexibility index (Phi) is 9.23. The third-order valence-corrected chi connectivity index (χ3v) is 7.57. The number of ether oxygens (including phenoxy) is 2. The normalized spacial score (nSPS) is 12.4. The van der Waals surface area contributed by atoms with E-state index in [9.17, 15) is 43.9 Å². The fraction of sp³-hybridized carbons (Fsp3) is 0.172. The molecule has 0 spiro atoms. The molecule has 4 aromatic carbocycles. The van der Waals surface area contributed by atoms with E-state index in [2.05, 4.69) is 4.74 Å². The van der Waals surface area contributed by atoms with E-state index in [0.717, 1.165) is 22.6 Å². The van der Waals surface area contributed by atoms with Crippen molar-refractivity contribution in [1.29, 1.82) is 0 Å². The summed E-state index contributed by atoms with van der Waals surface area (Å²) in [4.78, 5) is 1.21. The number of aryl methyl sites for hydroxylation is 1. The molecule has 0 aromatic heterocycles. The molecule has 0 amide bonds. The van der Waals surface area contributed by atoms with E-state index in [1.165, 1.54) is 23.9 Å². The number of hydrogen-bond donors (Lipinski definition) is 0. The summed E-state index contributed by atoms with van der Waals surface area (Å²) in [6.45, 7) is 1.83. The van der Waals surface area contributed by atoms with Crippen molar-refractivity contribution in [1.82, 2.24) is 0 Å². The Hall–Kier alpha value is -4.15. The van der Waals surface area contributed by atoms with Crippen molar-refractivity contribution < 1.29 is 70.9 Å². The van der Waals surface area contributed by atoms with Gasteiger partial charge >= 0.3 is 12.4 Å². The first-order valence-corrected chi connectivity index (χ1v) is 13.0. The van der Waals surface area contributed by atoms with Gasteiger partial charge < -0.3 is 9.47 Å². The second-order valence-electron chi connectivity index (χ2n) is 9.36. The number of rotatable bonds is 7. The summed E-state index contributed by atoms with van der Waals surface area (Å²) in [5, 5.41) is 0. The lowest BCUT2D eigenvalue weighted by Crippen LogP contribution is -2.57. The Morgan fingerprint density at radius 2 is 0.848 bits per heavy atom. The van der Waals surface area contributed by atoms with Crippen molar-refractivity contribution in [3.05, 3.63) is 112 Å². The van der Waals surface area contributed by atoms with Gasteiger partial charge in [-0.25, -0.2) is 17.6 Å². The van der Waals surface area contributed by atoms with Crippen molar-refractivity contribution in [3.63, 3.8) is 0 Å². The van der Waals surface area contributed by atoms with E-state index in [4.69, 9.17) is 4.74 Å². The summed E-state index contributed by atoms with van der Waals surface area (Å²) in [5.74, 6) is -30.9. The molecule has 0 unspecified atom stereocenters. The molecule has 0 saturated carbocycles. The van der Waals surface area contributed by atoms with E-state index >= 15 is 17.6 Å². The van der Waals surface area contributed by atoms with Crippen LogP contribution in [0.15, 0.2) is 58.3 Å². The molecular weight excluding hydrogens is 678 g/mol. The first-order valence-electron chi connectivity index (χ1n) is 12.2. The minimum Gasteiger partial charge on any atom is -0.491 e. The van der Waals surface area contributed by atoms with Crippen LogP contribution in [-0.4, -0.2) is 19.5 Å². The van der Waals surface area contributed by atoms with Crippen molar-refractivity contribution >= 4 is 11.8 Å². The highest BCUT2D eigenvalue weighted by atomic mass is 32.2. The second kappa shape index (κ2) is 12.2. The van der Waals surface area contributed by atoms with Crippen LogP contribution < -0.4 is 9.47 Å². The van der Waals surface area contributed by atoms with Crippen LogP contribution in [0.4, 0.5) is 61.5 Å². The standard InChI is InChI=1S/C29H14F14O2S/c1-11-3-7-13(8-4-11)46-14-9-5-12(6-10-14)45-26-23(36)19(32)16(20(33)24(26)37)27(28(38,39)40,29(41,42)43)15-17(30)21(34)25(44-2)22(35)18(15)31/h3-10H,1-2H3. The lowest BCUT2D eigenvalue weighted by Gasteiger charge is -2.39. The molecule has 4 rings (SSSR count). The second-order valence-corrected chi connectivity index (χ2v) is 10.5. The molecule has 0 heterocycles. The molecule has 4 aromatic rings. The lowest BCUT2D eigenvalue weighted by molar-refractivity contribution is -0.291. The Labute approximate surface area is 253 Å². The molecule has 0 N–H and O–H groups in total. The van der Waals surface area contributed by atoms with Gasteiger partial charge in [-0.15, -0.1) is 0 Å². The number of benzene rings is 4. The smallest absolute Gasteiger partial charge is 0.411 e. The van der Waals surface area contributed by atoms with Crippen LogP contribution in [0.1, 0.15) is 16.7 Å². The average Bonchev–Trinajstić information content (AvgIpc) is 2.97. The quantitative estimate of drug-likeness (QED) is 0.142. The van der Waals surface area contributed by atoms with Gasteiger partial charge in [-0.1, -0.05) is 29.5 Å². The van der Waals surface area contributed by atoms with Crippen molar-refractivity contribution in [2.45, 2.75) is 34.5 Å². The maximum Gasteiger partial charge on any atom is 0.411 e. The molecule has 0 fully saturated rings. The van der Waals surface area contributed by atoms with E-state index in [-0.39, 0.29) is 0 Å². The summed E-state index contributed by atoms with van der Waals surface area (Å²) in [6.07, 6.45) is -14.7. The molecule has 46 heavy (non-hydrogen) atoms. The van der Waals surface area contributed by atoms with E-state index < -0.39 is 92.7 Å². The third-order valence-electron chi connectivity index (χ3n) is 6.55. The minimum absolute atomic E-state index is 0.320. The summed E-state index contributed by atoms with van der Waals surface area (Å²) in [5.41, 5.74) is -13.3. The third kappa shape index (κ3) is 5.58. The Morgan fingerprint density at radius 1 is 0.500 bits per heavy atom. The number of alkyl halides is 6. The van der Waals surface area contributed by atoms with Gasteiger partial charge in [0.25, 0.3) is 0 Å². The van der Waals surface area contributed by atoms with E-state index in [1.807, 2.05) is 6.92 Å². The molecule has 0 atom stereocenters. The highest BCUT2D eigenvalue weighted by molar-refractivity contribution is 7.99. The minimum atomic E-state index is -7.37. The molecule has 0 bridgehead atoms. The van der Waals surface area contributed by atoms with Gasteiger partial charge in [0.2, 0.25) is 34.4 Å². The number of halogens is 14. The zero-order chi connectivity index (χ0) is 34.5. The topological polar surface area (TPSA) is 18.5 Å². The van der Waals surface area contributed by atoms with Crippen LogP contribution in [0.2, 0.25) is 0 Å². The van der Waals surface area contributed by atoms with Gasteiger partial charge in [0, 0.05) is 9.79 Å². The Bertz CT molecular complexity index is 1710. The van der Waals surface area contributed by atoms with Crippen LogP contribution >= 0.6 is 11.8 Å². The monoisotopic (exact) mass is 692 g/mol. The molecule has 246 valence electrons. The summed E-state index contributed by atoms with van der Waals surface area (Å²) in [7, 11) is 0.320. The van der Waals surface area contributed by atoms with Crippen LogP contribution in [0.3, 0.4) is 0 Å². The van der Waals surface area contributed by atoms with Gasteiger partial charge in [0.05, 0.1) is 18.2 Å². The fourth-order valence-corrected chi connectivity index (χ4v) is 5.26. The molecule has 0 saturated heterocycles. The summed E-state index contributed by atoms with van der Waals surface area (Å²) < 4.78 is 214. The first kappa shape index (κ1) is 34.7. The van der Waals surface area contributed by atoms with Crippen molar-refractivity contribution in [2.24, 2.45) is 0 Å². The maximum absolute atomic E-state index is 15.3. The highest BCUT2D eigenvalue weighted by Crippen LogP contribution is 2.60. The van der Waals surface area contributed by atoms with Gasteiger partial charge in [-0.05, 0) is 43.3 Å². The molecule has 0 aliphatic carbocycles. The van der Waals surface area contributed by atoms with Crippen LogP contribution in [0.25, 0.3) is 0 Å². The molecule has 0 radical (unpaired) electrons. The summed E-state index contributed by atoms with van der Waals surface area (Å²) in [6, 6.07) is 11.6. The Balaban J connectivity index is 1.93. The fourth-order valence-electron chi connectivity index (χ4n) is 4.44. The SMILES string of the molecule is COc1c(F)c(F)c(C(c2c(F)c(F)c(Oc3ccc(Sc4ccc(C)cc4)cc3)c(F)c2F)(C(F)(F)F)C(F)(F)F)c(F)c1F. The zero-order valence-electron chi connectivity index (χ0n) is 22.6. The summed E-state index contributed by atoms with van der Waals surface area (Å²) >= 11 is 1.18. The lowest BCUT2D eigenvalue weighted by atomic mass is 9.71. The van der Waals surface area contributed by atoms with Crippen LogP contribution in [-0.2, 0) is 5.41 Å². The van der Waals surface area contributed by atoms with Gasteiger partial charge in [-0.3, -0.25) is 0 Å². The van der Waals surface area contributed by atoms with Crippen LogP contribution in [0, 0.1) is 53.5 Å². The van der Waals surface area contributed by atoms with Gasteiger partial charge in [0.1, 0.15) is 5.75 Å². The molecule has 2 nitrogen and oxygen atoms in total. The maximum atomic E-state index is 15.3. The van der Waals surface area contributed by atoms with Gasteiger partial charge in [0.15, 0.2) is 29.0 Å². The average molecular weight is 692 g/mol. The van der Waals surface area contributed by atoms with E-state index in [1.54, 1.807) is 24.3 Å². The molecule has 17 heteroatoms. The predicted octanol–water partition coefficient (Wildman–Crippen LogP) is 10.5. The highest BCUT2D eigenvalue weighted by Gasteiger charge is 2.77. The van der Waals surface area contributed by atoms with E-state index in [0.29, 0.717) is 12.0 Å². The van der Waals surface area contributed by atoms with Crippen molar-refractivity contribution in [2.75, 3.05) is 7.11 Å². The van der Waals surface area contributed by atoms with Crippen molar-refractivity contribution in [3.8, 4) is 17.2 Å². The molecule has 0 aliphatic rings. The number of hydrogen-bond acceptors (Lipinski definition) is 3. The largest absolute Gasteiger partial charge is 0.491 e. The first-order chi connectivity index (χ1) is 21.3. The number of methoxy groups -OCH3 is 1.